The number of anilines is 1. The van der Waals surface area contributed by atoms with Gasteiger partial charge in [0.2, 0.25) is 0 Å². The molecule has 2 aliphatic rings. The Morgan fingerprint density at radius 3 is 2.10 bits per heavy atom. The van der Waals surface area contributed by atoms with Crippen LogP contribution in [0.5, 0.6) is 0 Å². The lowest BCUT2D eigenvalue weighted by Gasteiger charge is -2.44. The Morgan fingerprint density at radius 2 is 1.50 bits per heavy atom. The maximum absolute atomic E-state index is 15.4. The zero-order valence-electron chi connectivity index (χ0n) is 28.1. The number of hydrogen-bond donors (Lipinski definition) is 1. The van der Waals surface area contributed by atoms with Gasteiger partial charge in [0.25, 0.3) is 5.91 Å². The molecule has 2 fully saturated rings. The Labute approximate surface area is 290 Å². The van der Waals surface area contributed by atoms with Gasteiger partial charge in [0.1, 0.15) is 5.82 Å². The van der Waals surface area contributed by atoms with E-state index in [0.717, 1.165) is 31.3 Å². The Kier molecular flexibility index (Phi) is 12.0. The van der Waals surface area contributed by atoms with Crippen LogP contribution in [-0.4, -0.2) is 104 Å². The third-order valence-corrected chi connectivity index (χ3v) is 10.8. The number of nitrogens with zero attached hydrogens (tertiary/aromatic N) is 4. The van der Waals surface area contributed by atoms with Gasteiger partial charge in [0, 0.05) is 68.2 Å². The van der Waals surface area contributed by atoms with Crippen molar-refractivity contribution in [2.75, 3.05) is 49.1 Å². The fourth-order valence-electron chi connectivity index (χ4n) is 6.45. The maximum Gasteiger partial charge on any atom is 0.324 e. The van der Waals surface area contributed by atoms with Gasteiger partial charge in [0.05, 0.1) is 24.6 Å². The van der Waals surface area contributed by atoms with Crippen LogP contribution >= 0.6 is 0 Å². The number of alkyl halides is 2. The van der Waals surface area contributed by atoms with Gasteiger partial charge in [-0.2, -0.15) is 8.78 Å². The molecule has 3 aromatic rings. The minimum Gasteiger partial charge on any atom is -0.344 e. The van der Waals surface area contributed by atoms with Crippen LogP contribution in [0.2, 0.25) is 0 Å². The van der Waals surface area contributed by atoms with Crippen LogP contribution in [0.4, 0.5) is 23.7 Å². The lowest BCUT2D eigenvalue weighted by Crippen LogP contribution is -2.55. The molecular formula is C36H42F3N5O5S. The molecule has 10 nitrogen and oxygen atoms in total. The molecule has 50 heavy (non-hydrogen) atoms. The van der Waals surface area contributed by atoms with Crippen molar-refractivity contribution in [3.05, 3.63) is 101 Å². The largest absolute Gasteiger partial charge is 0.344 e. The van der Waals surface area contributed by atoms with Crippen molar-refractivity contribution >= 4 is 33.2 Å². The predicted octanol–water partition coefficient (Wildman–Crippen LogP) is 4.34. The van der Waals surface area contributed by atoms with Gasteiger partial charge >= 0.3 is 12.5 Å². The second-order valence-electron chi connectivity index (χ2n) is 13.0. The van der Waals surface area contributed by atoms with Gasteiger partial charge in [-0.3, -0.25) is 24.3 Å². The van der Waals surface area contributed by atoms with Crippen LogP contribution in [0.1, 0.15) is 40.9 Å². The summed E-state index contributed by atoms with van der Waals surface area (Å²) in [7, 11) is -3.26. The number of Topliss-reactive ketones (excluding diaryl/α,β-unsaturated/α-hetero) is 1. The van der Waals surface area contributed by atoms with Crippen molar-refractivity contribution in [2.45, 2.75) is 52.0 Å². The van der Waals surface area contributed by atoms with Crippen molar-refractivity contribution < 1.29 is 36.0 Å². The minimum atomic E-state index is -3.28. The van der Waals surface area contributed by atoms with E-state index in [9.17, 15) is 31.6 Å². The van der Waals surface area contributed by atoms with Crippen LogP contribution in [-0.2, 0) is 34.3 Å². The van der Waals surface area contributed by atoms with Crippen molar-refractivity contribution in [2.24, 2.45) is 0 Å². The number of benzene rings is 3. The molecule has 0 radical (unpaired) electrons. The van der Waals surface area contributed by atoms with Crippen LogP contribution in [0, 0.1) is 5.82 Å². The highest BCUT2D eigenvalue weighted by Crippen LogP contribution is 2.26. The fraction of sp³-hybridized carbons (Fsp3) is 0.417. The maximum atomic E-state index is 15.4. The van der Waals surface area contributed by atoms with Crippen molar-refractivity contribution in [3.8, 4) is 0 Å². The smallest absolute Gasteiger partial charge is 0.324 e. The molecule has 0 unspecified atom stereocenters. The average Bonchev–Trinajstić information content (AvgIpc) is 3.08. The van der Waals surface area contributed by atoms with E-state index in [1.165, 1.54) is 27.5 Å². The number of piperazine rings is 1. The average molecular weight is 714 g/mol. The van der Waals surface area contributed by atoms with E-state index in [2.05, 4.69) is 47.9 Å². The first-order valence-electron chi connectivity index (χ1n) is 16.5. The van der Waals surface area contributed by atoms with Gasteiger partial charge in [-0.05, 0) is 43.2 Å². The molecule has 268 valence electrons. The lowest BCUT2D eigenvalue weighted by molar-refractivity contribution is -0.131. The van der Waals surface area contributed by atoms with E-state index in [1.807, 2.05) is 18.2 Å². The molecular weight excluding hydrogens is 671 g/mol. The summed E-state index contributed by atoms with van der Waals surface area (Å²) >= 11 is 0. The molecule has 0 bridgehead atoms. The highest BCUT2D eigenvalue weighted by atomic mass is 32.2. The summed E-state index contributed by atoms with van der Waals surface area (Å²) in [5, 5.41) is 1.80. The predicted molar refractivity (Wildman–Crippen MR) is 184 cm³/mol. The van der Waals surface area contributed by atoms with Crippen LogP contribution in [0.15, 0.2) is 72.8 Å². The number of rotatable bonds is 11. The zero-order valence-corrected chi connectivity index (χ0v) is 28.9. The molecule has 14 heteroatoms. The Bertz CT molecular complexity index is 1750. The molecule has 3 amide bonds. The third-order valence-electron chi connectivity index (χ3n) is 9.21. The summed E-state index contributed by atoms with van der Waals surface area (Å²) in [4.78, 5) is 45.1. The fourth-order valence-corrected chi connectivity index (χ4v) is 7.65. The van der Waals surface area contributed by atoms with Gasteiger partial charge in [-0.15, -0.1) is 0 Å². The summed E-state index contributed by atoms with van der Waals surface area (Å²) in [6.45, 7) is 6.92. The quantitative estimate of drug-likeness (QED) is 0.295. The number of nitrogens with one attached hydrogen (secondary N) is 1. The highest BCUT2D eigenvalue weighted by Gasteiger charge is 2.31. The van der Waals surface area contributed by atoms with E-state index in [0.29, 0.717) is 24.3 Å². The molecule has 2 saturated heterocycles. The lowest BCUT2D eigenvalue weighted by atomic mass is 10.0. The Balaban J connectivity index is 1.30. The molecule has 3 aromatic carbocycles. The van der Waals surface area contributed by atoms with Crippen molar-refractivity contribution in [1.82, 2.24) is 20.0 Å². The van der Waals surface area contributed by atoms with E-state index < -0.39 is 46.3 Å². The number of amides is 3. The summed E-state index contributed by atoms with van der Waals surface area (Å²) < 4.78 is 64.4. The summed E-state index contributed by atoms with van der Waals surface area (Å²) in [6.07, 6.45) is -3.28. The van der Waals surface area contributed by atoms with Gasteiger partial charge in [-0.1, -0.05) is 54.6 Å². The molecule has 1 N–H and O–H groups in total. The van der Waals surface area contributed by atoms with E-state index in [1.54, 1.807) is 17.4 Å². The summed E-state index contributed by atoms with van der Waals surface area (Å²) in [6, 6.07) is 21.5. The molecule has 0 aromatic heterocycles. The molecule has 0 aliphatic carbocycles. The normalized spacial score (nSPS) is 19.7. The number of urea groups is 1. The molecule has 2 atom stereocenters. The van der Waals surface area contributed by atoms with Gasteiger partial charge in [0.15, 0.2) is 15.6 Å². The number of halogens is 3. The summed E-state index contributed by atoms with van der Waals surface area (Å²) in [5.41, 5.74) is 2.75. The van der Waals surface area contributed by atoms with Crippen molar-refractivity contribution in [1.29, 1.82) is 0 Å². The van der Waals surface area contributed by atoms with Crippen LogP contribution in [0.3, 0.4) is 0 Å². The van der Waals surface area contributed by atoms with Gasteiger partial charge < -0.3 is 10.2 Å². The third kappa shape index (κ3) is 9.49. The molecule has 2 aliphatic heterocycles. The molecule has 2 heterocycles. The second-order valence-corrected chi connectivity index (χ2v) is 15.3. The Morgan fingerprint density at radius 1 is 0.880 bits per heavy atom. The molecule has 0 spiro atoms. The van der Waals surface area contributed by atoms with Gasteiger partial charge in [-0.25, -0.2) is 17.6 Å². The molecule has 5 rings (SSSR count). The first-order valence-corrected chi connectivity index (χ1v) is 18.4. The van der Waals surface area contributed by atoms with Crippen LogP contribution in [0.25, 0.3) is 0 Å². The standard InChI is InChI=1S/C36H42F3N5O5S/c1-25-20-41(22-27-6-4-3-5-7-27)21-26(2)43(25)23-28-8-12-31(13-9-28)44(36(47)42-14-16-50(48,49)17-15-42)24-30-11-10-29(18-32(30)37)33(45)19-40-35(46)34(38)39/h3-13,18,25-26,34H,14-17,19-24H2,1-2H3,(H,40,46)/t25-,26+. The number of carbonyl (C=O) groups excluding carboxylic acids is 3. The van der Waals surface area contributed by atoms with Crippen molar-refractivity contribution in [3.63, 3.8) is 0 Å². The van der Waals surface area contributed by atoms with E-state index >= 15 is 4.39 Å². The number of ketones is 1. The number of carbonyl (C=O) groups is 3. The highest BCUT2D eigenvalue weighted by molar-refractivity contribution is 7.91. The van der Waals surface area contributed by atoms with E-state index in [-0.39, 0.29) is 42.3 Å². The SMILES string of the molecule is C[C@@H]1CN(Cc2ccccc2)C[C@H](C)N1Cc1ccc(N(Cc2ccc(C(=O)CNC(=O)C(F)F)cc2F)C(=O)N2CCS(=O)(=O)CC2)cc1. The monoisotopic (exact) mass is 713 g/mol. The number of sulfone groups is 1. The topological polar surface area (TPSA) is 110 Å². The number of hydrogen-bond acceptors (Lipinski definition) is 7. The first-order chi connectivity index (χ1) is 23.8. The van der Waals surface area contributed by atoms with Crippen LogP contribution < -0.4 is 10.2 Å². The molecule has 0 saturated carbocycles. The first kappa shape index (κ1) is 37.0. The van der Waals surface area contributed by atoms with E-state index in [4.69, 9.17) is 0 Å². The second kappa shape index (κ2) is 16.2. The minimum absolute atomic E-state index is 0.00202. The summed E-state index contributed by atoms with van der Waals surface area (Å²) in [5.74, 6) is -3.52. The Hall–Kier alpha value is -4.27. The zero-order chi connectivity index (χ0) is 36.0.